The molecule has 1 fully saturated rings. The number of hydrogen-bond donors (Lipinski definition) is 5. The van der Waals surface area contributed by atoms with Crippen molar-refractivity contribution in [2.45, 2.75) is 63.3 Å². The van der Waals surface area contributed by atoms with Gasteiger partial charge in [0.15, 0.2) is 0 Å². The molecule has 0 radical (unpaired) electrons. The number of ether oxygens (including phenoxy) is 1. The summed E-state index contributed by atoms with van der Waals surface area (Å²) < 4.78 is 20.2. The number of fused-ring (bicyclic) bond motifs is 1. The van der Waals surface area contributed by atoms with E-state index in [-0.39, 0.29) is 36.1 Å². The second-order valence-electron chi connectivity index (χ2n) is 11.3. The van der Waals surface area contributed by atoms with Gasteiger partial charge in [-0.25, -0.2) is 4.39 Å². The zero-order chi connectivity index (χ0) is 31.1. The first-order valence-electron chi connectivity index (χ1n) is 14.7. The molecule has 1 aliphatic heterocycles. The minimum Gasteiger partial charge on any atom is -0.489 e. The number of carbonyl (C=O) groups is 3. The van der Waals surface area contributed by atoms with Crippen LogP contribution in [0.4, 0.5) is 4.39 Å². The lowest BCUT2D eigenvalue weighted by molar-refractivity contribution is -0.140. The Kier molecular flexibility index (Phi) is 10.5. The minimum absolute atomic E-state index is 0.0708. The lowest BCUT2D eigenvalue weighted by Crippen LogP contribution is -2.57. The number of nitrogens with one attached hydrogen (secondary N) is 4. The van der Waals surface area contributed by atoms with E-state index in [1.165, 1.54) is 23.1 Å². The molecule has 230 valence electrons. The number of rotatable bonds is 5. The predicted molar refractivity (Wildman–Crippen MR) is 162 cm³/mol. The van der Waals surface area contributed by atoms with E-state index in [1.54, 1.807) is 37.4 Å². The van der Waals surface area contributed by atoms with Gasteiger partial charge >= 0.3 is 0 Å². The van der Waals surface area contributed by atoms with Crippen molar-refractivity contribution in [1.29, 1.82) is 5.41 Å². The summed E-state index contributed by atoms with van der Waals surface area (Å²) >= 11 is 0. The van der Waals surface area contributed by atoms with Crippen LogP contribution in [-0.2, 0) is 27.2 Å². The van der Waals surface area contributed by atoms with Gasteiger partial charge in [-0.2, -0.15) is 0 Å². The molecule has 11 heteroatoms. The van der Waals surface area contributed by atoms with Gasteiger partial charge in [0.25, 0.3) is 0 Å². The second kappa shape index (κ2) is 14.3. The summed E-state index contributed by atoms with van der Waals surface area (Å²) in [5, 5.41) is 16.7. The zero-order valence-electron chi connectivity index (χ0n) is 24.7. The number of carbonyl (C=O) groups excluding carboxylic acids is 3. The molecule has 1 aliphatic carbocycles. The smallest absolute Gasteiger partial charge is 0.247 e. The summed E-state index contributed by atoms with van der Waals surface area (Å²) in [5.74, 6) is -1.09. The Hall–Kier alpha value is -4.25. The quantitative estimate of drug-likeness (QED) is 0.204. The van der Waals surface area contributed by atoms with E-state index in [0.29, 0.717) is 37.2 Å². The maximum atomic E-state index is 14.1. The average Bonchev–Trinajstić information content (AvgIpc) is 3.81. The summed E-state index contributed by atoms with van der Waals surface area (Å²) in [6.45, 7) is 6.31. The van der Waals surface area contributed by atoms with Gasteiger partial charge in [-0.1, -0.05) is 36.4 Å². The fraction of sp³-hybridized carbons (Fsp3) is 0.438. The lowest BCUT2D eigenvalue weighted by atomic mass is 10.0. The Morgan fingerprint density at radius 2 is 1.88 bits per heavy atom. The number of nitrogens with two attached hydrogens (primary N) is 1. The number of likely N-dealkylation sites (N-methyl/N-ethyl adjacent to an activating group) is 1. The number of hydrogen-bond acceptors (Lipinski definition) is 6. The maximum absolute atomic E-state index is 14.1. The molecule has 0 bridgehead atoms. The van der Waals surface area contributed by atoms with Gasteiger partial charge in [0.05, 0.1) is 6.04 Å². The normalized spacial score (nSPS) is 24.4. The molecule has 4 unspecified atom stereocenters. The summed E-state index contributed by atoms with van der Waals surface area (Å²) in [5.41, 5.74) is 7.68. The molecule has 10 nitrogen and oxygen atoms in total. The van der Waals surface area contributed by atoms with Crippen molar-refractivity contribution in [3.8, 4) is 5.75 Å². The molecular weight excluding hydrogens is 551 g/mol. The molecular formula is C32H41FN6O4. The molecule has 1 saturated carbocycles. The van der Waals surface area contributed by atoms with Crippen LogP contribution in [0.15, 0.2) is 55.1 Å². The summed E-state index contributed by atoms with van der Waals surface area (Å²) in [6.07, 6.45) is 4.08. The van der Waals surface area contributed by atoms with E-state index in [4.69, 9.17) is 15.9 Å². The monoisotopic (exact) mass is 592 g/mol. The highest BCUT2D eigenvalue weighted by Gasteiger charge is 2.40. The Morgan fingerprint density at radius 3 is 2.53 bits per heavy atom. The van der Waals surface area contributed by atoms with Crippen molar-refractivity contribution < 1.29 is 23.5 Å². The topological polar surface area (TPSA) is 150 Å². The predicted octanol–water partition coefficient (Wildman–Crippen LogP) is 2.05. The highest BCUT2D eigenvalue weighted by molar-refractivity contribution is 5.95. The third-order valence-electron chi connectivity index (χ3n) is 7.86. The largest absolute Gasteiger partial charge is 0.489 e. The number of nitrogen functional groups attached to an aromatic ring is 1. The van der Waals surface area contributed by atoms with Crippen LogP contribution in [0.3, 0.4) is 0 Å². The second-order valence-corrected chi connectivity index (χ2v) is 11.3. The number of benzene rings is 2. The third kappa shape index (κ3) is 8.41. The molecule has 2 aromatic carbocycles. The van der Waals surface area contributed by atoms with E-state index in [9.17, 15) is 18.8 Å². The maximum Gasteiger partial charge on any atom is 0.247 e. The van der Waals surface area contributed by atoms with E-state index < -0.39 is 29.8 Å². The van der Waals surface area contributed by atoms with Crippen LogP contribution >= 0.6 is 0 Å². The first-order valence-corrected chi connectivity index (χ1v) is 14.7. The number of amides is 3. The fourth-order valence-electron chi connectivity index (χ4n) is 5.21. The van der Waals surface area contributed by atoms with Crippen LogP contribution in [0.1, 0.15) is 42.9 Å². The van der Waals surface area contributed by atoms with Crippen molar-refractivity contribution in [1.82, 2.24) is 20.9 Å². The molecule has 0 saturated heterocycles. The van der Waals surface area contributed by atoms with Gasteiger partial charge in [-0.05, 0) is 55.7 Å². The molecule has 2 aromatic rings. The molecule has 4 atom stereocenters. The van der Waals surface area contributed by atoms with Crippen molar-refractivity contribution in [2.24, 2.45) is 11.7 Å². The van der Waals surface area contributed by atoms with E-state index in [1.807, 2.05) is 6.92 Å². The third-order valence-corrected chi connectivity index (χ3v) is 7.86. The standard InChI is InChI=1S/C32H41FN6O4/c1-4-26-31(41)38-25(16-20-7-9-23(10-8-20)29(34)35)30(40)36-15-5-6-21-13-14-24(33)17-27(21)43-19(2)18-37-28(22-11-12-22)32(42)39(26)3/h4,7-10,13-14,17,19,22,25-26,28,37H,1,5-6,11-12,15-16,18H2,2-3H3,(H3,34,35)(H,36,40)(H,38,41). The first-order chi connectivity index (χ1) is 20.6. The fourth-order valence-corrected chi connectivity index (χ4v) is 5.21. The van der Waals surface area contributed by atoms with Crippen LogP contribution < -0.4 is 26.4 Å². The van der Waals surface area contributed by atoms with Crippen LogP contribution in [0.5, 0.6) is 5.75 Å². The Bertz CT molecular complexity index is 1350. The van der Waals surface area contributed by atoms with Gasteiger partial charge in [-0.3, -0.25) is 19.8 Å². The molecule has 6 N–H and O–H groups in total. The molecule has 3 amide bonds. The van der Waals surface area contributed by atoms with Crippen LogP contribution in [0.25, 0.3) is 0 Å². The minimum atomic E-state index is -1.01. The molecule has 2 aliphatic rings. The SMILES string of the molecule is C=CC1C(=O)NC(Cc2ccc(C(=N)N)cc2)C(=O)NCCCc2ccc(F)cc2OC(C)CNC(C2CC2)C(=O)N1C. The van der Waals surface area contributed by atoms with Crippen molar-refractivity contribution in [3.05, 3.63) is 77.6 Å². The van der Waals surface area contributed by atoms with E-state index in [2.05, 4.69) is 22.5 Å². The highest BCUT2D eigenvalue weighted by atomic mass is 19.1. The van der Waals surface area contributed by atoms with Gasteiger partial charge in [0.1, 0.15) is 35.6 Å². The Balaban J connectivity index is 1.61. The molecule has 1 heterocycles. The van der Waals surface area contributed by atoms with E-state index in [0.717, 1.165) is 24.0 Å². The molecule has 43 heavy (non-hydrogen) atoms. The lowest BCUT2D eigenvalue weighted by Gasteiger charge is -2.31. The highest BCUT2D eigenvalue weighted by Crippen LogP contribution is 2.34. The Labute approximate surface area is 251 Å². The van der Waals surface area contributed by atoms with Gasteiger partial charge < -0.3 is 31.3 Å². The molecule has 4 rings (SSSR count). The van der Waals surface area contributed by atoms with Gasteiger partial charge in [0.2, 0.25) is 17.7 Å². The average molecular weight is 593 g/mol. The number of amidine groups is 1. The number of nitrogens with zero attached hydrogens (tertiary/aromatic N) is 1. The van der Waals surface area contributed by atoms with Crippen LogP contribution in [-0.4, -0.2) is 72.8 Å². The van der Waals surface area contributed by atoms with E-state index >= 15 is 0 Å². The molecule has 0 aromatic heterocycles. The summed E-state index contributed by atoms with van der Waals surface area (Å²) in [7, 11) is 1.55. The first kappa shape index (κ1) is 31.7. The Morgan fingerprint density at radius 1 is 1.16 bits per heavy atom. The summed E-state index contributed by atoms with van der Waals surface area (Å²) in [4.78, 5) is 41.9. The zero-order valence-corrected chi connectivity index (χ0v) is 24.7. The van der Waals surface area contributed by atoms with Crippen molar-refractivity contribution >= 4 is 23.6 Å². The summed E-state index contributed by atoms with van der Waals surface area (Å²) in [6, 6.07) is 8.82. The molecule has 0 spiro atoms. The van der Waals surface area contributed by atoms with Crippen LogP contribution in [0.2, 0.25) is 0 Å². The van der Waals surface area contributed by atoms with Gasteiger partial charge in [0, 0.05) is 38.2 Å². The van der Waals surface area contributed by atoms with Crippen molar-refractivity contribution in [2.75, 3.05) is 20.1 Å². The van der Waals surface area contributed by atoms with Gasteiger partial charge in [-0.15, -0.1) is 6.58 Å². The van der Waals surface area contributed by atoms with Crippen LogP contribution in [0, 0.1) is 17.1 Å². The number of halogens is 1. The number of aryl methyl sites for hydroxylation is 1. The van der Waals surface area contributed by atoms with Crippen molar-refractivity contribution in [3.63, 3.8) is 0 Å².